The Hall–Kier alpha value is -5.64. The number of carbonyl (C=O) groups is 4. The van der Waals surface area contributed by atoms with Gasteiger partial charge >= 0.3 is 11.9 Å². The van der Waals surface area contributed by atoms with Crippen molar-refractivity contribution in [3.63, 3.8) is 0 Å². The maximum Gasteiger partial charge on any atom is 0.308 e. The fraction of sp³-hybridized carbons (Fsp3) is 0.333. The van der Waals surface area contributed by atoms with Gasteiger partial charge in [0, 0.05) is 25.2 Å². The molecule has 1 fully saturated rings. The Kier molecular flexibility index (Phi) is 12.3. The molecule has 1 saturated carbocycles. The molecule has 6 atom stereocenters. The normalized spacial score (nSPS) is 19.0. The number of hydrogen-bond donors (Lipinski definition) is 2. The van der Waals surface area contributed by atoms with Gasteiger partial charge < -0.3 is 29.5 Å². The number of ether oxygens (including phenoxy) is 2. The summed E-state index contributed by atoms with van der Waals surface area (Å²) in [7, 11) is 0. The highest BCUT2D eigenvalue weighted by Crippen LogP contribution is 2.49. The summed E-state index contributed by atoms with van der Waals surface area (Å²) in [6, 6.07) is 32.5. The Balaban J connectivity index is 1.40. The van der Waals surface area contributed by atoms with Crippen LogP contribution in [0.4, 0.5) is 0 Å². The molecule has 2 N–H and O–H groups in total. The maximum absolute atomic E-state index is 14.5. The molecule has 4 aromatic rings. The average molecular weight is 707 g/mol. The zero-order valence-corrected chi connectivity index (χ0v) is 29.9. The average Bonchev–Trinajstić information content (AvgIpc) is 3.13. The Bertz CT molecular complexity index is 1680. The number of carboxylic acids is 2. The summed E-state index contributed by atoms with van der Waals surface area (Å²) < 4.78 is 11.8. The first-order valence-electron chi connectivity index (χ1n) is 17.7. The molecule has 4 aromatic carbocycles. The van der Waals surface area contributed by atoms with Gasteiger partial charge in [-0.3, -0.25) is 19.2 Å². The van der Waals surface area contributed by atoms with E-state index in [1.165, 1.54) is 0 Å². The number of para-hydroxylation sites is 2. The molecule has 0 radical (unpaired) electrons. The molecule has 0 aliphatic heterocycles. The first-order chi connectivity index (χ1) is 25.0. The Morgan fingerprint density at radius 3 is 1.12 bits per heavy atom. The lowest BCUT2D eigenvalue weighted by Crippen LogP contribution is -2.65. The molecule has 1 aliphatic carbocycles. The van der Waals surface area contributed by atoms with E-state index in [4.69, 9.17) is 9.47 Å². The lowest BCUT2D eigenvalue weighted by molar-refractivity contribution is -0.189. The van der Waals surface area contributed by atoms with Crippen molar-refractivity contribution < 1.29 is 38.9 Å². The summed E-state index contributed by atoms with van der Waals surface area (Å²) in [4.78, 5) is 57.4. The molecular formula is C42H46N2O8. The largest absolute Gasteiger partial charge is 0.481 e. The van der Waals surface area contributed by atoms with Crippen molar-refractivity contribution in [2.24, 2.45) is 23.7 Å². The van der Waals surface area contributed by atoms with Crippen LogP contribution in [0, 0.1) is 23.7 Å². The monoisotopic (exact) mass is 706 g/mol. The first-order valence-corrected chi connectivity index (χ1v) is 17.7. The van der Waals surface area contributed by atoms with Gasteiger partial charge in [0.05, 0.1) is 23.7 Å². The molecule has 2 amide bonds. The molecule has 1 aliphatic rings. The molecule has 0 heterocycles. The molecule has 52 heavy (non-hydrogen) atoms. The van der Waals surface area contributed by atoms with Gasteiger partial charge in [-0.15, -0.1) is 0 Å². The Morgan fingerprint density at radius 1 is 0.519 bits per heavy atom. The van der Waals surface area contributed by atoms with Crippen molar-refractivity contribution in [2.45, 2.75) is 65.7 Å². The highest BCUT2D eigenvalue weighted by atomic mass is 16.5. The van der Waals surface area contributed by atoms with Crippen LogP contribution in [0.15, 0.2) is 109 Å². The molecule has 0 bridgehead atoms. The molecule has 10 heteroatoms. The summed E-state index contributed by atoms with van der Waals surface area (Å²) in [5, 5.41) is 20.5. The van der Waals surface area contributed by atoms with Crippen LogP contribution in [0.2, 0.25) is 0 Å². The zero-order chi connectivity index (χ0) is 37.4. The maximum atomic E-state index is 14.5. The van der Waals surface area contributed by atoms with Crippen LogP contribution in [0.5, 0.6) is 23.0 Å². The number of hydrogen-bond acceptors (Lipinski definition) is 6. The minimum atomic E-state index is -1.56. The van der Waals surface area contributed by atoms with Crippen molar-refractivity contribution in [2.75, 3.05) is 0 Å². The fourth-order valence-corrected chi connectivity index (χ4v) is 6.67. The number of rotatable bonds is 16. The Labute approximate surface area is 304 Å². The smallest absolute Gasteiger partial charge is 0.308 e. The molecule has 0 saturated heterocycles. The summed E-state index contributed by atoms with van der Waals surface area (Å²) in [6.45, 7) is 7.85. The van der Waals surface area contributed by atoms with Gasteiger partial charge in [0.25, 0.3) is 0 Å². The van der Waals surface area contributed by atoms with Gasteiger partial charge in [-0.1, -0.05) is 74.5 Å². The van der Waals surface area contributed by atoms with E-state index in [2.05, 4.69) is 0 Å². The molecule has 4 unspecified atom stereocenters. The molecule has 10 nitrogen and oxygen atoms in total. The predicted octanol–water partition coefficient (Wildman–Crippen LogP) is 7.87. The van der Waals surface area contributed by atoms with Crippen LogP contribution in [-0.4, -0.2) is 55.8 Å². The van der Waals surface area contributed by atoms with E-state index in [0.717, 1.165) is 11.1 Å². The van der Waals surface area contributed by atoms with E-state index in [-0.39, 0.29) is 25.2 Å². The predicted molar refractivity (Wildman–Crippen MR) is 196 cm³/mol. The quantitative estimate of drug-likeness (QED) is 0.120. The van der Waals surface area contributed by atoms with Gasteiger partial charge in [-0.05, 0) is 86.3 Å². The topological polar surface area (TPSA) is 134 Å². The van der Waals surface area contributed by atoms with Crippen LogP contribution in [0.3, 0.4) is 0 Å². The van der Waals surface area contributed by atoms with E-state index < -0.39 is 47.4 Å². The van der Waals surface area contributed by atoms with Crippen molar-refractivity contribution in [1.82, 2.24) is 9.80 Å². The van der Waals surface area contributed by atoms with Crippen LogP contribution < -0.4 is 9.47 Å². The van der Waals surface area contributed by atoms with Gasteiger partial charge in [0.15, 0.2) is 0 Å². The van der Waals surface area contributed by atoms with Gasteiger partial charge in [0.1, 0.15) is 23.0 Å². The second-order valence-corrected chi connectivity index (χ2v) is 13.3. The van der Waals surface area contributed by atoms with Gasteiger partial charge in [-0.2, -0.15) is 0 Å². The summed E-state index contributed by atoms with van der Waals surface area (Å²) in [6.07, 6.45) is 1.13. The highest BCUT2D eigenvalue weighted by Gasteiger charge is 2.65. The number of carbonyl (C=O) groups excluding carboxylic acids is 2. The zero-order valence-electron chi connectivity index (χ0n) is 29.9. The summed E-state index contributed by atoms with van der Waals surface area (Å²) in [5.41, 5.74) is 1.55. The minimum Gasteiger partial charge on any atom is -0.481 e. The number of amides is 2. The number of aliphatic carboxylic acids is 2. The van der Waals surface area contributed by atoms with Crippen LogP contribution in [0.25, 0.3) is 0 Å². The molecular weight excluding hydrogens is 660 g/mol. The SMILES string of the molecule is CC[C@@H](C)N(Cc1ccc(Oc2ccccc2)cc1)C(=O)C1C(C(=O)O)C(C(=O)O)C1C(=O)N(Cc1ccc(Oc2ccccc2)cc1)[C@H](C)CC. The van der Waals surface area contributed by atoms with E-state index in [1.807, 2.05) is 113 Å². The van der Waals surface area contributed by atoms with Gasteiger partial charge in [0.2, 0.25) is 11.8 Å². The van der Waals surface area contributed by atoms with E-state index in [0.29, 0.717) is 35.8 Å². The van der Waals surface area contributed by atoms with E-state index in [1.54, 1.807) is 34.1 Å². The number of carboxylic acid groups (broad SMARTS) is 2. The second-order valence-electron chi connectivity index (χ2n) is 13.3. The summed E-state index contributed by atoms with van der Waals surface area (Å²) >= 11 is 0. The van der Waals surface area contributed by atoms with Crippen LogP contribution in [-0.2, 0) is 32.3 Å². The highest BCUT2D eigenvalue weighted by molar-refractivity contribution is 5.99. The molecule has 5 rings (SSSR count). The number of benzene rings is 4. The minimum absolute atomic E-state index is 0.146. The van der Waals surface area contributed by atoms with Crippen molar-refractivity contribution in [1.29, 1.82) is 0 Å². The third kappa shape index (κ3) is 8.62. The fourth-order valence-electron chi connectivity index (χ4n) is 6.67. The van der Waals surface area contributed by atoms with E-state index in [9.17, 15) is 29.4 Å². The molecule has 0 spiro atoms. The third-order valence-electron chi connectivity index (χ3n) is 10.0. The molecule has 0 aromatic heterocycles. The van der Waals surface area contributed by atoms with Gasteiger partial charge in [-0.25, -0.2) is 0 Å². The van der Waals surface area contributed by atoms with Crippen LogP contribution >= 0.6 is 0 Å². The lowest BCUT2D eigenvalue weighted by atomic mass is 9.55. The molecule has 272 valence electrons. The summed E-state index contributed by atoms with van der Waals surface area (Å²) in [5.74, 6) is -7.15. The standard InChI is InChI=1S/C42H46N2O8/c1-5-27(3)43(25-29-17-21-33(22-18-29)51-31-13-9-7-10-14-31)39(45)35-36(38(42(49)50)37(35)41(47)48)40(46)44(28(4)6-2)26-30-19-23-34(24-20-30)52-32-15-11-8-12-16-32/h7-24,27-28,35-38H,5-6,25-26H2,1-4H3,(H,47,48)(H,49,50)/t27-,28-,35?,36?,37?,38?/m1/s1. The van der Waals surface area contributed by atoms with Crippen molar-refractivity contribution in [3.8, 4) is 23.0 Å². The third-order valence-corrected chi connectivity index (χ3v) is 10.0. The lowest BCUT2D eigenvalue weighted by Gasteiger charge is -2.49. The Morgan fingerprint density at radius 2 is 0.827 bits per heavy atom. The first kappa shape index (κ1) is 37.6. The number of nitrogens with zero attached hydrogens (tertiary/aromatic N) is 2. The van der Waals surface area contributed by atoms with Crippen LogP contribution in [0.1, 0.15) is 51.7 Å². The van der Waals surface area contributed by atoms with Crippen molar-refractivity contribution in [3.05, 3.63) is 120 Å². The van der Waals surface area contributed by atoms with Crippen molar-refractivity contribution >= 4 is 23.8 Å². The van der Waals surface area contributed by atoms with E-state index >= 15 is 0 Å². The second kappa shape index (κ2) is 17.0.